The summed E-state index contributed by atoms with van der Waals surface area (Å²) in [7, 11) is 0. The third-order valence-corrected chi connectivity index (χ3v) is 1.42. The largest absolute Gasteiger partial charge is 0.401 e. The standard InChI is InChI=1S/C5H10F3NS/c1-10-3-2-9-4-5(6,7)8/h9H,2-4H2,1H3. The quantitative estimate of drug-likeness (QED) is 0.646. The van der Waals surface area contributed by atoms with Crippen molar-refractivity contribution in [2.24, 2.45) is 0 Å². The van der Waals surface area contributed by atoms with E-state index in [-0.39, 0.29) is 0 Å². The van der Waals surface area contributed by atoms with Crippen LogP contribution < -0.4 is 5.32 Å². The zero-order valence-corrected chi connectivity index (χ0v) is 6.48. The minimum Gasteiger partial charge on any atom is -0.308 e. The predicted molar refractivity (Wildman–Crippen MR) is 37.3 cm³/mol. The summed E-state index contributed by atoms with van der Waals surface area (Å²) in [6.07, 6.45) is -2.21. The summed E-state index contributed by atoms with van der Waals surface area (Å²) in [6.45, 7) is -0.464. The molecule has 10 heavy (non-hydrogen) atoms. The summed E-state index contributed by atoms with van der Waals surface area (Å²) in [5.41, 5.74) is 0. The van der Waals surface area contributed by atoms with E-state index in [1.165, 1.54) is 11.8 Å². The topological polar surface area (TPSA) is 12.0 Å². The molecule has 0 fully saturated rings. The maximum absolute atomic E-state index is 11.4. The molecule has 0 aromatic heterocycles. The van der Waals surface area contributed by atoms with Gasteiger partial charge in [0.05, 0.1) is 6.54 Å². The second-order valence-electron chi connectivity index (χ2n) is 1.78. The highest BCUT2D eigenvalue weighted by molar-refractivity contribution is 7.98. The first-order chi connectivity index (χ1) is 4.56. The van der Waals surface area contributed by atoms with E-state index in [0.29, 0.717) is 6.54 Å². The van der Waals surface area contributed by atoms with E-state index in [4.69, 9.17) is 0 Å². The van der Waals surface area contributed by atoms with Crippen LogP contribution in [-0.2, 0) is 0 Å². The van der Waals surface area contributed by atoms with E-state index < -0.39 is 12.7 Å². The lowest BCUT2D eigenvalue weighted by molar-refractivity contribution is -0.124. The number of halogens is 3. The van der Waals surface area contributed by atoms with Crippen molar-refractivity contribution in [1.82, 2.24) is 5.32 Å². The highest BCUT2D eigenvalue weighted by atomic mass is 32.2. The molecular formula is C5H10F3NS. The highest BCUT2D eigenvalue weighted by Gasteiger charge is 2.25. The van der Waals surface area contributed by atoms with Gasteiger partial charge in [-0.2, -0.15) is 24.9 Å². The molecule has 0 saturated carbocycles. The van der Waals surface area contributed by atoms with Crippen LogP contribution in [0.4, 0.5) is 13.2 Å². The van der Waals surface area contributed by atoms with Crippen molar-refractivity contribution in [1.29, 1.82) is 0 Å². The molecule has 1 N–H and O–H groups in total. The van der Waals surface area contributed by atoms with E-state index in [1.807, 2.05) is 6.26 Å². The van der Waals surface area contributed by atoms with E-state index >= 15 is 0 Å². The molecule has 0 rings (SSSR count). The minimum atomic E-state index is -4.07. The molecule has 0 spiro atoms. The van der Waals surface area contributed by atoms with Crippen molar-refractivity contribution < 1.29 is 13.2 Å². The molecule has 0 aliphatic rings. The van der Waals surface area contributed by atoms with Crippen molar-refractivity contribution in [3.63, 3.8) is 0 Å². The van der Waals surface area contributed by atoms with E-state index in [9.17, 15) is 13.2 Å². The molecule has 0 unspecified atom stereocenters. The SMILES string of the molecule is CSCCNCC(F)(F)F. The van der Waals surface area contributed by atoms with Crippen LogP contribution in [0.3, 0.4) is 0 Å². The summed E-state index contributed by atoms with van der Waals surface area (Å²) in [5, 5.41) is 2.28. The molecule has 0 amide bonds. The van der Waals surface area contributed by atoms with Crippen LogP contribution in [0.15, 0.2) is 0 Å². The fourth-order valence-electron chi connectivity index (χ4n) is 0.404. The Morgan fingerprint density at radius 1 is 1.40 bits per heavy atom. The second-order valence-corrected chi connectivity index (χ2v) is 2.77. The summed E-state index contributed by atoms with van der Waals surface area (Å²) in [4.78, 5) is 0. The number of alkyl halides is 3. The molecule has 0 radical (unpaired) electrons. The van der Waals surface area contributed by atoms with Gasteiger partial charge in [0.25, 0.3) is 0 Å². The van der Waals surface area contributed by atoms with E-state index in [0.717, 1.165) is 5.75 Å². The van der Waals surface area contributed by atoms with Gasteiger partial charge in [-0.3, -0.25) is 0 Å². The number of hydrogen-bond acceptors (Lipinski definition) is 2. The molecular weight excluding hydrogens is 163 g/mol. The average Bonchev–Trinajstić information content (AvgIpc) is 1.78. The molecule has 62 valence electrons. The van der Waals surface area contributed by atoms with Crippen LogP contribution in [0.1, 0.15) is 0 Å². The van der Waals surface area contributed by atoms with Crippen LogP contribution in [0.25, 0.3) is 0 Å². The monoisotopic (exact) mass is 173 g/mol. The fraction of sp³-hybridized carbons (Fsp3) is 1.00. The Morgan fingerprint density at radius 2 is 2.00 bits per heavy atom. The van der Waals surface area contributed by atoms with Gasteiger partial charge in [0, 0.05) is 12.3 Å². The summed E-state index contributed by atoms with van der Waals surface area (Å²) in [6, 6.07) is 0. The Bertz CT molecular complexity index is 83.5. The van der Waals surface area contributed by atoms with Gasteiger partial charge in [-0.25, -0.2) is 0 Å². The maximum atomic E-state index is 11.4. The van der Waals surface area contributed by atoms with Gasteiger partial charge >= 0.3 is 6.18 Å². The normalized spacial score (nSPS) is 12.0. The Balaban J connectivity index is 3.04. The Labute approximate surface area is 62.4 Å². The first-order valence-corrected chi connectivity index (χ1v) is 4.22. The van der Waals surface area contributed by atoms with Crippen molar-refractivity contribution >= 4 is 11.8 Å². The van der Waals surface area contributed by atoms with Crippen molar-refractivity contribution in [2.45, 2.75) is 6.18 Å². The van der Waals surface area contributed by atoms with Crippen molar-refractivity contribution in [3.8, 4) is 0 Å². The first kappa shape index (κ1) is 10.1. The summed E-state index contributed by atoms with van der Waals surface area (Å²) in [5.74, 6) is 0.718. The average molecular weight is 173 g/mol. The predicted octanol–water partition coefficient (Wildman–Crippen LogP) is 1.50. The lowest BCUT2D eigenvalue weighted by Gasteiger charge is -2.06. The van der Waals surface area contributed by atoms with Gasteiger partial charge in [-0.05, 0) is 6.26 Å². The van der Waals surface area contributed by atoms with Gasteiger partial charge < -0.3 is 5.32 Å². The third kappa shape index (κ3) is 8.10. The van der Waals surface area contributed by atoms with Crippen LogP contribution in [0, 0.1) is 0 Å². The van der Waals surface area contributed by atoms with Crippen molar-refractivity contribution in [3.05, 3.63) is 0 Å². The van der Waals surface area contributed by atoms with Crippen LogP contribution in [0.5, 0.6) is 0 Å². The molecule has 0 aliphatic carbocycles. The van der Waals surface area contributed by atoms with Gasteiger partial charge in [0.15, 0.2) is 0 Å². The highest BCUT2D eigenvalue weighted by Crippen LogP contribution is 2.11. The lowest BCUT2D eigenvalue weighted by atomic mass is 10.6. The Hall–Kier alpha value is 0.100. The van der Waals surface area contributed by atoms with Gasteiger partial charge in [-0.15, -0.1) is 0 Å². The Morgan fingerprint density at radius 3 is 2.40 bits per heavy atom. The number of hydrogen-bond donors (Lipinski definition) is 1. The van der Waals surface area contributed by atoms with Crippen LogP contribution in [0.2, 0.25) is 0 Å². The lowest BCUT2D eigenvalue weighted by Crippen LogP contribution is -2.30. The number of rotatable bonds is 4. The van der Waals surface area contributed by atoms with Crippen molar-refractivity contribution in [2.75, 3.05) is 25.1 Å². The first-order valence-electron chi connectivity index (χ1n) is 2.82. The molecule has 0 aromatic carbocycles. The molecule has 0 aromatic rings. The molecule has 0 bridgehead atoms. The number of nitrogens with one attached hydrogen (secondary N) is 1. The molecule has 0 heterocycles. The van der Waals surface area contributed by atoms with Crippen LogP contribution >= 0.6 is 11.8 Å². The summed E-state index contributed by atoms with van der Waals surface area (Å²) >= 11 is 1.52. The van der Waals surface area contributed by atoms with Gasteiger partial charge in [-0.1, -0.05) is 0 Å². The van der Waals surface area contributed by atoms with E-state index in [2.05, 4.69) is 5.32 Å². The van der Waals surface area contributed by atoms with Gasteiger partial charge in [0.1, 0.15) is 0 Å². The molecule has 5 heteroatoms. The minimum absolute atomic E-state index is 0.417. The zero-order valence-electron chi connectivity index (χ0n) is 5.66. The Kier molecular flexibility index (Phi) is 4.89. The summed E-state index contributed by atoms with van der Waals surface area (Å²) < 4.78 is 34.2. The number of thioether (sulfide) groups is 1. The molecule has 1 nitrogen and oxygen atoms in total. The molecule has 0 aliphatic heterocycles. The molecule has 0 atom stereocenters. The third-order valence-electron chi connectivity index (χ3n) is 0.808. The maximum Gasteiger partial charge on any atom is 0.401 e. The second kappa shape index (κ2) is 4.85. The van der Waals surface area contributed by atoms with Crippen LogP contribution in [-0.4, -0.2) is 31.3 Å². The van der Waals surface area contributed by atoms with Gasteiger partial charge in [0.2, 0.25) is 0 Å². The smallest absolute Gasteiger partial charge is 0.308 e. The van der Waals surface area contributed by atoms with E-state index in [1.54, 1.807) is 0 Å². The molecule has 0 saturated heterocycles. The zero-order chi connectivity index (χ0) is 8.04. The fourth-order valence-corrected chi connectivity index (χ4v) is 0.753.